The summed E-state index contributed by atoms with van der Waals surface area (Å²) in [6.45, 7) is 2.02. The Balaban J connectivity index is 1.41. The van der Waals surface area contributed by atoms with Crippen LogP contribution in [0, 0.1) is 6.92 Å². The summed E-state index contributed by atoms with van der Waals surface area (Å²) in [4.78, 5) is 8.76. The monoisotopic (exact) mass is 448 g/mol. The summed E-state index contributed by atoms with van der Waals surface area (Å²) in [5.74, 6) is 2.28. The van der Waals surface area contributed by atoms with Gasteiger partial charge in [-0.3, -0.25) is 0 Å². The molecule has 0 radical (unpaired) electrons. The van der Waals surface area contributed by atoms with Crippen molar-refractivity contribution < 1.29 is 4.74 Å². The van der Waals surface area contributed by atoms with E-state index in [9.17, 15) is 0 Å². The van der Waals surface area contributed by atoms with Crippen molar-refractivity contribution in [3.8, 4) is 11.5 Å². The first-order valence-corrected chi connectivity index (χ1v) is 9.82. The van der Waals surface area contributed by atoms with Gasteiger partial charge in [0.2, 0.25) is 0 Å². The molecule has 0 aliphatic carbocycles. The van der Waals surface area contributed by atoms with E-state index in [1.807, 2.05) is 67.2 Å². The Morgan fingerprint density at radius 3 is 2.83 bits per heavy atom. The Kier molecular flexibility index (Phi) is 4.21. The summed E-state index contributed by atoms with van der Waals surface area (Å²) in [5.41, 5.74) is 4.79. The lowest BCUT2D eigenvalue weighted by atomic mass is 10.2. The summed E-state index contributed by atoms with van der Waals surface area (Å²) in [5, 5.41) is 7.58. The largest absolute Gasteiger partial charge is 0.457 e. The molecule has 0 saturated heterocycles. The average Bonchev–Trinajstić information content (AvgIpc) is 3.28. The fourth-order valence-electron chi connectivity index (χ4n) is 3.29. The molecule has 3 heterocycles. The molecule has 0 unspecified atom stereocenters. The molecule has 0 spiro atoms. The first-order valence-electron chi connectivity index (χ1n) is 9.03. The Labute approximate surface area is 175 Å². The SMILES string of the molecule is Cc1cc(Nc2ncnn3ccc(Br)c23)ccc1Oc1ccc2c(c1)ncn2C. The number of imidazole rings is 1. The molecule has 29 heavy (non-hydrogen) atoms. The number of ether oxygens (including phenoxy) is 1. The molecule has 2 aromatic carbocycles. The van der Waals surface area contributed by atoms with Gasteiger partial charge < -0.3 is 14.6 Å². The first kappa shape index (κ1) is 17.7. The van der Waals surface area contributed by atoms with Crippen molar-refractivity contribution in [1.29, 1.82) is 0 Å². The molecule has 144 valence electrons. The second-order valence-corrected chi connectivity index (χ2v) is 7.63. The minimum absolute atomic E-state index is 0.727. The minimum Gasteiger partial charge on any atom is -0.457 e. The van der Waals surface area contributed by atoms with Crippen LogP contribution in [0.1, 0.15) is 5.56 Å². The molecule has 0 atom stereocenters. The normalized spacial score (nSPS) is 11.3. The molecule has 0 aliphatic heterocycles. The Morgan fingerprint density at radius 1 is 1.07 bits per heavy atom. The van der Waals surface area contributed by atoms with Gasteiger partial charge in [-0.05, 0) is 64.8 Å². The summed E-state index contributed by atoms with van der Waals surface area (Å²) in [7, 11) is 1.98. The topological polar surface area (TPSA) is 69.3 Å². The van der Waals surface area contributed by atoms with Crippen LogP contribution in [0.4, 0.5) is 11.5 Å². The lowest BCUT2D eigenvalue weighted by Crippen LogP contribution is -2.00. The molecular weight excluding hydrogens is 432 g/mol. The zero-order chi connectivity index (χ0) is 20.0. The second kappa shape index (κ2) is 6.89. The highest BCUT2D eigenvalue weighted by atomic mass is 79.9. The fourth-order valence-corrected chi connectivity index (χ4v) is 3.78. The third-order valence-electron chi connectivity index (χ3n) is 4.77. The molecule has 1 N–H and O–H groups in total. The number of hydrogen-bond donors (Lipinski definition) is 1. The van der Waals surface area contributed by atoms with Crippen LogP contribution in [0.3, 0.4) is 0 Å². The van der Waals surface area contributed by atoms with Crippen molar-refractivity contribution in [2.45, 2.75) is 6.92 Å². The van der Waals surface area contributed by atoms with Crippen LogP contribution in [-0.2, 0) is 7.05 Å². The number of hydrogen-bond acceptors (Lipinski definition) is 5. The summed E-state index contributed by atoms with van der Waals surface area (Å²) >= 11 is 3.55. The van der Waals surface area contributed by atoms with E-state index in [-0.39, 0.29) is 0 Å². The zero-order valence-electron chi connectivity index (χ0n) is 15.8. The maximum Gasteiger partial charge on any atom is 0.159 e. The molecule has 5 rings (SSSR count). The predicted molar refractivity (Wildman–Crippen MR) is 116 cm³/mol. The van der Waals surface area contributed by atoms with E-state index in [1.165, 1.54) is 6.33 Å². The number of rotatable bonds is 4. The molecule has 8 heteroatoms. The molecular formula is C21H17BrN6O. The highest BCUT2D eigenvalue weighted by Crippen LogP contribution is 2.31. The third-order valence-corrected chi connectivity index (χ3v) is 5.41. The van der Waals surface area contributed by atoms with Crippen molar-refractivity contribution in [3.63, 3.8) is 0 Å². The zero-order valence-corrected chi connectivity index (χ0v) is 17.4. The molecule has 3 aromatic heterocycles. The summed E-state index contributed by atoms with van der Waals surface area (Å²) < 4.78 is 10.8. The van der Waals surface area contributed by atoms with Gasteiger partial charge in [-0.2, -0.15) is 5.10 Å². The number of aromatic nitrogens is 5. The molecule has 0 saturated carbocycles. The predicted octanol–water partition coefficient (Wildman–Crippen LogP) is 5.22. The number of fused-ring (bicyclic) bond motifs is 2. The van der Waals surface area contributed by atoms with Gasteiger partial charge in [0.1, 0.15) is 23.3 Å². The van der Waals surface area contributed by atoms with E-state index < -0.39 is 0 Å². The van der Waals surface area contributed by atoms with Crippen molar-refractivity contribution >= 4 is 44.0 Å². The van der Waals surface area contributed by atoms with E-state index in [0.717, 1.165) is 49.6 Å². The number of benzene rings is 2. The molecule has 0 aliphatic rings. The van der Waals surface area contributed by atoms with Gasteiger partial charge >= 0.3 is 0 Å². The van der Waals surface area contributed by atoms with Gasteiger partial charge in [-0.1, -0.05) is 0 Å². The van der Waals surface area contributed by atoms with Crippen LogP contribution < -0.4 is 10.1 Å². The maximum atomic E-state index is 6.09. The first-order chi connectivity index (χ1) is 14.1. The molecule has 5 aromatic rings. The van der Waals surface area contributed by atoms with E-state index in [1.54, 1.807) is 10.8 Å². The Bertz CT molecular complexity index is 1360. The molecule has 7 nitrogen and oxygen atoms in total. The van der Waals surface area contributed by atoms with Gasteiger partial charge in [-0.25, -0.2) is 14.5 Å². The molecule has 0 fully saturated rings. The van der Waals surface area contributed by atoms with Gasteiger partial charge in [-0.15, -0.1) is 0 Å². The number of anilines is 2. The lowest BCUT2D eigenvalue weighted by Gasteiger charge is -2.12. The fraction of sp³-hybridized carbons (Fsp3) is 0.0952. The van der Waals surface area contributed by atoms with Gasteiger partial charge in [0.05, 0.1) is 17.4 Å². The summed E-state index contributed by atoms with van der Waals surface area (Å²) in [6, 6.07) is 13.8. The van der Waals surface area contributed by atoms with Crippen LogP contribution in [0.5, 0.6) is 11.5 Å². The standard InChI is InChI=1S/C21H17BrN6O/c1-13-9-14(26-21-20-16(22)7-8-28(20)25-11-23-21)3-6-19(13)29-15-4-5-18-17(10-15)24-12-27(18)2/h3-12H,1-2H3,(H,23,25,26). The van der Waals surface area contributed by atoms with E-state index >= 15 is 0 Å². The number of halogens is 1. The number of nitrogens with one attached hydrogen (secondary N) is 1. The van der Waals surface area contributed by atoms with E-state index in [4.69, 9.17) is 4.74 Å². The highest BCUT2D eigenvalue weighted by Gasteiger charge is 2.10. The van der Waals surface area contributed by atoms with E-state index in [2.05, 4.69) is 36.3 Å². The van der Waals surface area contributed by atoms with Crippen LogP contribution in [0.25, 0.3) is 16.6 Å². The van der Waals surface area contributed by atoms with Crippen LogP contribution in [0.15, 0.2) is 65.8 Å². The number of nitrogens with zero attached hydrogens (tertiary/aromatic N) is 5. The minimum atomic E-state index is 0.727. The average molecular weight is 449 g/mol. The summed E-state index contributed by atoms with van der Waals surface area (Å²) in [6.07, 6.45) is 5.21. The van der Waals surface area contributed by atoms with Crippen molar-refractivity contribution in [1.82, 2.24) is 24.1 Å². The van der Waals surface area contributed by atoms with Crippen LogP contribution >= 0.6 is 15.9 Å². The maximum absolute atomic E-state index is 6.09. The van der Waals surface area contributed by atoms with Gasteiger partial charge in [0.25, 0.3) is 0 Å². The highest BCUT2D eigenvalue weighted by molar-refractivity contribution is 9.10. The molecule has 0 bridgehead atoms. The quantitative estimate of drug-likeness (QED) is 0.407. The lowest BCUT2D eigenvalue weighted by molar-refractivity contribution is 0.479. The van der Waals surface area contributed by atoms with Crippen molar-refractivity contribution in [2.75, 3.05) is 5.32 Å². The van der Waals surface area contributed by atoms with Gasteiger partial charge in [0, 0.05) is 29.5 Å². The third kappa shape index (κ3) is 3.21. The number of aryl methyl sites for hydroxylation is 2. The van der Waals surface area contributed by atoms with Gasteiger partial charge in [0.15, 0.2) is 5.82 Å². The Morgan fingerprint density at radius 2 is 1.97 bits per heavy atom. The van der Waals surface area contributed by atoms with Crippen LogP contribution in [-0.4, -0.2) is 24.1 Å². The van der Waals surface area contributed by atoms with Crippen molar-refractivity contribution in [3.05, 3.63) is 71.4 Å². The van der Waals surface area contributed by atoms with Crippen molar-refractivity contribution in [2.24, 2.45) is 7.05 Å². The second-order valence-electron chi connectivity index (χ2n) is 6.78. The molecule has 0 amide bonds. The Hall–Kier alpha value is -3.39. The van der Waals surface area contributed by atoms with E-state index in [0.29, 0.717) is 0 Å². The smallest absolute Gasteiger partial charge is 0.159 e. The van der Waals surface area contributed by atoms with Crippen LogP contribution in [0.2, 0.25) is 0 Å².